The second kappa shape index (κ2) is 7.44. The molecule has 0 radical (unpaired) electrons. The minimum atomic E-state index is -5.08. The Kier molecular flexibility index (Phi) is 6.13. The van der Waals surface area contributed by atoms with Crippen LogP contribution in [0.15, 0.2) is 6.20 Å². The molecule has 10 heteroatoms. The zero-order valence-electron chi connectivity index (χ0n) is 12.7. The highest BCUT2D eigenvalue weighted by atomic mass is 19.4. The molecule has 4 N–H and O–H groups in total. The van der Waals surface area contributed by atoms with Gasteiger partial charge in [-0.1, -0.05) is 20.3 Å². The molecule has 1 aromatic rings. The van der Waals surface area contributed by atoms with Gasteiger partial charge in [-0.2, -0.15) is 18.3 Å². The molecule has 0 bridgehead atoms. The van der Waals surface area contributed by atoms with Gasteiger partial charge in [-0.05, 0) is 5.92 Å². The van der Waals surface area contributed by atoms with Crippen molar-refractivity contribution in [3.05, 3.63) is 17.5 Å². The van der Waals surface area contributed by atoms with E-state index < -0.39 is 12.1 Å². The third kappa shape index (κ3) is 4.95. The van der Waals surface area contributed by atoms with Crippen molar-refractivity contribution in [3.63, 3.8) is 0 Å². The quantitative estimate of drug-likeness (QED) is 0.769. The average molecular weight is 336 g/mol. The summed E-state index contributed by atoms with van der Waals surface area (Å²) >= 11 is 0. The van der Waals surface area contributed by atoms with Gasteiger partial charge in [-0.25, -0.2) is 4.79 Å². The number of amides is 1. The van der Waals surface area contributed by atoms with E-state index in [-0.39, 0.29) is 17.9 Å². The predicted octanol–water partition coefficient (Wildman–Crippen LogP) is 1.26. The van der Waals surface area contributed by atoms with Crippen molar-refractivity contribution < 1.29 is 27.9 Å². The normalized spacial score (nSPS) is 16.2. The van der Waals surface area contributed by atoms with Crippen molar-refractivity contribution in [1.82, 2.24) is 15.1 Å². The summed E-state index contributed by atoms with van der Waals surface area (Å²) in [5.74, 6) is -2.49. The number of fused-ring (bicyclic) bond motifs is 1. The highest BCUT2D eigenvalue weighted by Crippen LogP contribution is 2.21. The minimum Gasteiger partial charge on any atom is -0.475 e. The van der Waals surface area contributed by atoms with E-state index in [1.165, 1.54) is 0 Å². The molecule has 1 aromatic heterocycles. The first-order chi connectivity index (χ1) is 10.6. The fourth-order valence-corrected chi connectivity index (χ4v) is 1.93. The lowest BCUT2D eigenvalue weighted by Gasteiger charge is -2.23. The van der Waals surface area contributed by atoms with Crippen molar-refractivity contribution in [2.45, 2.75) is 45.6 Å². The summed E-state index contributed by atoms with van der Waals surface area (Å²) in [4.78, 5) is 22.8. The highest BCUT2D eigenvalue weighted by molar-refractivity contribution is 5.82. The number of aromatic amines is 1. The van der Waals surface area contributed by atoms with Crippen molar-refractivity contribution in [1.29, 1.82) is 0 Å². The number of aliphatic carboxylic acids is 1. The van der Waals surface area contributed by atoms with Gasteiger partial charge >= 0.3 is 12.1 Å². The second-order valence-electron chi connectivity index (χ2n) is 5.28. The van der Waals surface area contributed by atoms with Crippen LogP contribution in [0.1, 0.15) is 31.5 Å². The number of carboxylic acids is 1. The maximum atomic E-state index is 12.1. The Morgan fingerprint density at radius 1 is 1.48 bits per heavy atom. The molecular weight excluding hydrogens is 317 g/mol. The number of aromatic nitrogens is 2. The van der Waals surface area contributed by atoms with E-state index in [4.69, 9.17) is 15.6 Å². The van der Waals surface area contributed by atoms with Gasteiger partial charge in [0.25, 0.3) is 0 Å². The lowest BCUT2D eigenvalue weighted by Crippen LogP contribution is -2.45. The summed E-state index contributed by atoms with van der Waals surface area (Å²) in [7, 11) is 0. The van der Waals surface area contributed by atoms with Crippen molar-refractivity contribution >= 4 is 11.9 Å². The standard InChI is InChI=1S/C11H18N4O.C2HF3O2/c1-3-7(2)10(12)11(16)15-5-8-4-13-14-9(8)6-15;3-2(4,5)1(6)7/h4,7,10H,3,5-6,12H2,1-2H3,(H,13,14);(H,6,7)/t7-,10+;/m1./s1. The summed E-state index contributed by atoms with van der Waals surface area (Å²) in [6.45, 7) is 5.31. The number of nitrogens with one attached hydrogen (secondary N) is 1. The van der Waals surface area contributed by atoms with Crippen LogP contribution in [0.4, 0.5) is 13.2 Å². The predicted molar refractivity (Wildman–Crippen MR) is 74.0 cm³/mol. The number of H-pyrrole nitrogens is 1. The number of alkyl halides is 3. The van der Waals surface area contributed by atoms with E-state index >= 15 is 0 Å². The van der Waals surface area contributed by atoms with Gasteiger partial charge in [0.1, 0.15) is 0 Å². The summed E-state index contributed by atoms with van der Waals surface area (Å²) in [6.07, 6.45) is -2.38. The summed E-state index contributed by atoms with van der Waals surface area (Å²) in [5, 5.41) is 14.0. The third-order valence-electron chi connectivity index (χ3n) is 3.61. The van der Waals surface area contributed by atoms with Crippen LogP contribution in [0.3, 0.4) is 0 Å². The van der Waals surface area contributed by atoms with Crippen LogP contribution in [0.2, 0.25) is 0 Å². The Morgan fingerprint density at radius 3 is 2.48 bits per heavy atom. The van der Waals surface area contributed by atoms with E-state index in [9.17, 15) is 18.0 Å². The number of nitrogens with two attached hydrogens (primary N) is 1. The number of carbonyl (C=O) groups excluding carboxylic acids is 1. The van der Waals surface area contributed by atoms with E-state index in [1.54, 1.807) is 11.1 Å². The zero-order chi connectivity index (χ0) is 17.8. The fourth-order valence-electron chi connectivity index (χ4n) is 1.93. The molecule has 0 unspecified atom stereocenters. The van der Waals surface area contributed by atoms with Crippen LogP contribution in [0.5, 0.6) is 0 Å². The molecule has 0 spiro atoms. The Bertz CT molecular complexity index is 538. The van der Waals surface area contributed by atoms with Gasteiger partial charge in [0, 0.05) is 12.1 Å². The molecule has 7 nitrogen and oxygen atoms in total. The third-order valence-corrected chi connectivity index (χ3v) is 3.61. The Hall–Kier alpha value is -2.10. The summed E-state index contributed by atoms with van der Waals surface area (Å²) in [6, 6.07) is -0.387. The number of carbonyl (C=O) groups is 2. The topological polar surface area (TPSA) is 112 Å². The maximum Gasteiger partial charge on any atom is 0.490 e. The lowest BCUT2D eigenvalue weighted by molar-refractivity contribution is -0.192. The second-order valence-corrected chi connectivity index (χ2v) is 5.28. The lowest BCUT2D eigenvalue weighted by atomic mass is 9.99. The van der Waals surface area contributed by atoms with E-state index in [2.05, 4.69) is 10.2 Å². The largest absolute Gasteiger partial charge is 0.490 e. The molecule has 2 atom stereocenters. The maximum absolute atomic E-state index is 12.1. The van der Waals surface area contributed by atoms with Crippen molar-refractivity contribution in [3.8, 4) is 0 Å². The molecule has 1 aliphatic rings. The first-order valence-corrected chi connectivity index (χ1v) is 6.93. The summed E-state index contributed by atoms with van der Waals surface area (Å²) < 4.78 is 31.7. The number of halogens is 3. The molecule has 0 saturated carbocycles. The molecule has 2 heterocycles. The number of hydrogen-bond acceptors (Lipinski definition) is 4. The average Bonchev–Trinajstić information content (AvgIpc) is 3.05. The van der Waals surface area contributed by atoms with Crippen LogP contribution in [-0.4, -0.2) is 44.3 Å². The summed E-state index contributed by atoms with van der Waals surface area (Å²) in [5.41, 5.74) is 8.07. The van der Waals surface area contributed by atoms with Gasteiger partial charge in [0.2, 0.25) is 5.91 Å². The molecule has 23 heavy (non-hydrogen) atoms. The number of carboxylic acid groups (broad SMARTS) is 1. The molecular formula is C13H19F3N4O3. The molecule has 0 aliphatic carbocycles. The first-order valence-electron chi connectivity index (χ1n) is 6.93. The molecule has 0 fully saturated rings. The van der Waals surface area contributed by atoms with E-state index in [1.807, 2.05) is 13.8 Å². The van der Waals surface area contributed by atoms with Crippen molar-refractivity contribution in [2.75, 3.05) is 0 Å². The Balaban J connectivity index is 0.000000322. The van der Waals surface area contributed by atoms with Crippen LogP contribution in [-0.2, 0) is 22.7 Å². The molecule has 0 aromatic carbocycles. The fraction of sp³-hybridized carbons (Fsp3) is 0.615. The Labute approximate surface area is 130 Å². The molecule has 1 amide bonds. The van der Waals surface area contributed by atoms with Crippen LogP contribution < -0.4 is 5.73 Å². The molecule has 130 valence electrons. The van der Waals surface area contributed by atoms with Gasteiger partial charge < -0.3 is 15.7 Å². The van der Waals surface area contributed by atoms with Gasteiger partial charge in [-0.15, -0.1) is 0 Å². The number of hydrogen-bond donors (Lipinski definition) is 3. The zero-order valence-corrected chi connectivity index (χ0v) is 12.7. The molecule has 2 rings (SSSR count). The molecule has 0 saturated heterocycles. The smallest absolute Gasteiger partial charge is 0.475 e. The van der Waals surface area contributed by atoms with Gasteiger partial charge in [-0.3, -0.25) is 9.89 Å². The monoisotopic (exact) mass is 336 g/mol. The van der Waals surface area contributed by atoms with E-state index in [0.29, 0.717) is 13.1 Å². The van der Waals surface area contributed by atoms with Crippen molar-refractivity contribution in [2.24, 2.45) is 11.7 Å². The van der Waals surface area contributed by atoms with Gasteiger partial charge in [0.15, 0.2) is 0 Å². The number of nitrogens with zero attached hydrogens (tertiary/aromatic N) is 2. The van der Waals surface area contributed by atoms with Crippen LogP contribution >= 0.6 is 0 Å². The van der Waals surface area contributed by atoms with Crippen LogP contribution in [0.25, 0.3) is 0 Å². The SMILES string of the molecule is CC[C@@H](C)[C@H](N)C(=O)N1Cc2cn[nH]c2C1.O=C(O)C(F)(F)F. The van der Waals surface area contributed by atoms with Gasteiger partial charge in [0.05, 0.1) is 24.5 Å². The Morgan fingerprint density at radius 2 is 2.04 bits per heavy atom. The highest BCUT2D eigenvalue weighted by Gasteiger charge is 2.38. The number of rotatable bonds is 3. The first kappa shape index (κ1) is 18.9. The minimum absolute atomic E-state index is 0.0407. The van der Waals surface area contributed by atoms with E-state index in [0.717, 1.165) is 17.7 Å². The van der Waals surface area contributed by atoms with Crippen LogP contribution in [0, 0.1) is 5.92 Å². The molecule has 1 aliphatic heterocycles.